The van der Waals surface area contributed by atoms with Gasteiger partial charge in [0.25, 0.3) is 5.91 Å². The number of carbonyl (C=O) groups excluding carboxylic acids is 1. The second-order valence-corrected chi connectivity index (χ2v) is 5.93. The second-order valence-electron chi connectivity index (χ2n) is 5.93. The van der Waals surface area contributed by atoms with Crippen LogP contribution in [0.1, 0.15) is 42.9 Å². The summed E-state index contributed by atoms with van der Waals surface area (Å²) in [6.07, 6.45) is 3.38. The van der Waals surface area contributed by atoms with Crippen LogP contribution in [0, 0.1) is 0 Å². The van der Waals surface area contributed by atoms with E-state index in [4.69, 9.17) is 0 Å². The van der Waals surface area contributed by atoms with E-state index in [1.165, 1.54) is 0 Å². The number of benzene rings is 1. The van der Waals surface area contributed by atoms with E-state index < -0.39 is 0 Å². The molecule has 0 saturated carbocycles. The molecule has 0 atom stereocenters. The fraction of sp³-hybridized carbons (Fsp3) is 0.278. The summed E-state index contributed by atoms with van der Waals surface area (Å²) in [6, 6.07) is 9.52. The molecule has 24 heavy (non-hydrogen) atoms. The van der Waals surface area contributed by atoms with Crippen molar-refractivity contribution in [3.05, 3.63) is 54.2 Å². The molecule has 0 aliphatic carbocycles. The Balaban J connectivity index is 1.84. The highest BCUT2D eigenvalue weighted by Gasteiger charge is 2.16. The summed E-state index contributed by atoms with van der Waals surface area (Å²) in [5, 5.41) is 7.45. The van der Waals surface area contributed by atoms with E-state index in [2.05, 4.69) is 34.2 Å². The molecule has 3 aromatic rings. The lowest BCUT2D eigenvalue weighted by Crippen LogP contribution is -2.17. The topological polar surface area (TPSA) is 75.6 Å². The molecule has 1 aromatic carbocycles. The van der Waals surface area contributed by atoms with E-state index in [-0.39, 0.29) is 11.8 Å². The quantitative estimate of drug-likeness (QED) is 0.752. The van der Waals surface area contributed by atoms with E-state index in [1.807, 2.05) is 37.3 Å². The second kappa shape index (κ2) is 6.70. The number of rotatable bonds is 5. The first-order valence-electron chi connectivity index (χ1n) is 8.06. The van der Waals surface area contributed by atoms with Crippen molar-refractivity contribution in [3.8, 4) is 11.3 Å². The summed E-state index contributed by atoms with van der Waals surface area (Å²) in [4.78, 5) is 19.7. The van der Waals surface area contributed by atoms with Crippen molar-refractivity contribution < 1.29 is 4.79 Å². The number of nitrogens with zero attached hydrogens (tertiary/aromatic N) is 3. The zero-order valence-electron chi connectivity index (χ0n) is 14.1. The summed E-state index contributed by atoms with van der Waals surface area (Å²) >= 11 is 0. The number of imidazole rings is 1. The molecule has 0 aliphatic rings. The minimum absolute atomic E-state index is 0.155. The van der Waals surface area contributed by atoms with Crippen molar-refractivity contribution in [1.82, 2.24) is 19.7 Å². The number of H-pyrrole nitrogens is 1. The van der Waals surface area contributed by atoms with Gasteiger partial charge in [0.15, 0.2) is 0 Å². The smallest absolute Gasteiger partial charge is 0.273 e. The Morgan fingerprint density at radius 1 is 1.33 bits per heavy atom. The summed E-state index contributed by atoms with van der Waals surface area (Å²) in [7, 11) is 0. The maximum absolute atomic E-state index is 12.6. The largest absolute Gasteiger partial charge is 0.345 e. The number of aromatic nitrogens is 4. The summed E-state index contributed by atoms with van der Waals surface area (Å²) in [5.74, 6) is 0.131. The van der Waals surface area contributed by atoms with Crippen molar-refractivity contribution in [1.29, 1.82) is 0 Å². The number of hydrogen-bond donors (Lipinski definition) is 2. The molecule has 1 amide bonds. The molecule has 0 unspecified atom stereocenters. The maximum Gasteiger partial charge on any atom is 0.273 e. The van der Waals surface area contributed by atoms with E-state index in [1.54, 1.807) is 17.2 Å². The Hall–Kier alpha value is -2.89. The third-order valence-corrected chi connectivity index (χ3v) is 3.85. The van der Waals surface area contributed by atoms with Gasteiger partial charge in [0.1, 0.15) is 5.69 Å². The lowest BCUT2D eigenvalue weighted by molar-refractivity contribution is 0.101. The molecule has 6 nitrogen and oxygen atoms in total. The number of amides is 1. The first-order valence-corrected chi connectivity index (χ1v) is 8.06. The molecule has 2 aromatic heterocycles. The van der Waals surface area contributed by atoms with Crippen LogP contribution < -0.4 is 5.32 Å². The van der Waals surface area contributed by atoms with Crippen molar-refractivity contribution >= 4 is 11.6 Å². The van der Waals surface area contributed by atoms with Crippen LogP contribution in [0.15, 0.2) is 42.9 Å². The molecular weight excluding hydrogens is 302 g/mol. The molecule has 0 fully saturated rings. The Morgan fingerprint density at radius 3 is 2.83 bits per heavy atom. The molecule has 0 spiro atoms. The van der Waals surface area contributed by atoms with E-state index >= 15 is 0 Å². The van der Waals surface area contributed by atoms with Gasteiger partial charge < -0.3 is 10.3 Å². The molecule has 2 N–H and O–H groups in total. The van der Waals surface area contributed by atoms with Crippen LogP contribution in [-0.2, 0) is 6.54 Å². The van der Waals surface area contributed by atoms with Gasteiger partial charge in [0, 0.05) is 17.8 Å². The van der Waals surface area contributed by atoms with Crippen molar-refractivity contribution in [2.24, 2.45) is 0 Å². The Morgan fingerprint density at radius 2 is 2.17 bits per heavy atom. The molecule has 6 heteroatoms. The van der Waals surface area contributed by atoms with Gasteiger partial charge in [0.05, 0.1) is 23.9 Å². The highest BCUT2D eigenvalue weighted by molar-refractivity contribution is 6.03. The van der Waals surface area contributed by atoms with Crippen LogP contribution in [0.2, 0.25) is 0 Å². The molecular formula is C18H21N5O. The van der Waals surface area contributed by atoms with Gasteiger partial charge in [-0.25, -0.2) is 4.98 Å². The summed E-state index contributed by atoms with van der Waals surface area (Å²) in [5.41, 5.74) is 4.12. The van der Waals surface area contributed by atoms with Crippen LogP contribution in [0.5, 0.6) is 0 Å². The van der Waals surface area contributed by atoms with Gasteiger partial charge in [0.2, 0.25) is 0 Å². The standard InChI is InChI=1S/C18H21N5O/c1-4-23-17(9-15(22-23)12(2)3)18(24)21-14-7-5-6-13(8-14)16-10-19-11-20-16/h5-12H,4H2,1-3H3,(H,19,20)(H,21,24). The van der Waals surface area contributed by atoms with Crippen LogP contribution in [0.3, 0.4) is 0 Å². The highest BCUT2D eigenvalue weighted by Crippen LogP contribution is 2.21. The monoisotopic (exact) mass is 323 g/mol. The fourth-order valence-corrected chi connectivity index (χ4v) is 2.52. The van der Waals surface area contributed by atoms with Crippen LogP contribution in [0.25, 0.3) is 11.3 Å². The normalized spacial score (nSPS) is 11.0. The molecule has 2 heterocycles. The third kappa shape index (κ3) is 3.22. The summed E-state index contributed by atoms with van der Waals surface area (Å²) in [6.45, 7) is 6.77. The van der Waals surface area contributed by atoms with E-state index in [0.717, 1.165) is 22.6 Å². The Kier molecular flexibility index (Phi) is 4.46. The number of hydrogen-bond acceptors (Lipinski definition) is 3. The lowest BCUT2D eigenvalue weighted by Gasteiger charge is -2.08. The summed E-state index contributed by atoms with van der Waals surface area (Å²) < 4.78 is 1.74. The van der Waals surface area contributed by atoms with Gasteiger partial charge in [-0.1, -0.05) is 26.0 Å². The predicted molar refractivity (Wildman–Crippen MR) is 94.0 cm³/mol. The number of aryl methyl sites for hydroxylation is 1. The zero-order valence-corrected chi connectivity index (χ0v) is 14.1. The number of anilines is 1. The number of nitrogens with one attached hydrogen (secondary N) is 2. The molecule has 0 saturated heterocycles. The SMILES string of the molecule is CCn1nc(C(C)C)cc1C(=O)Nc1cccc(-c2cnc[nH]2)c1. The van der Waals surface area contributed by atoms with E-state index in [9.17, 15) is 4.79 Å². The average Bonchev–Trinajstić information content (AvgIpc) is 3.24. The van der Waals surface area contributed by atoms with Crippen molar-refractivity contribution in [2.75, 3.05) is 5.32 Å². The first-order chi connectivity index (χ1) is 11.6. The van der Waals surface area contributed by atoms with Gasteiger partial charge in [-0.3, -0.25) is 9.48 Å². The first kappa shape index (κ1) is 16.0. The van der Waals surface area contributed by atoms with Crippen molar-refractivity contribution in [3.63, 3.8) is 0 Å². The molecule has 124 valence electrons. The molecule has 0 bridgehead atoms. The van der Waals surface area contributed by atoms with Gasteiger partial charge in [-0.15, -0.1) is 0 Å². The van der Waals surface area contributed by atoms with Crippen LogP contribution in [-0.4, -0.2) is 25.7 Å². The van der Waals surface area contributed by atoms with Crippen LogP contribution >= 0.6 is 0 Å². The van der Waals surface area contributed by atoms with E-state index in [0.29, 0.717) is 12.2 Å². The number of carbonyl (C=O) groups is 1. The minimum Gasteiger partial charge on any atom is -0.345 e. The maximum atomic E-state index is 12.6. The van der Waals surface area contributed by atoms with Crippen LogP contribution in [0.4, 0.5) is 5.69 Å². The zero-order chi connectivity index (χ0) is 17.1. The average molecular weight is 323 g/mol. The fourth-order valence-electron chi connectivity index (χ4n) is 2.52. The van der Waals surface area contributed by atoms with Gasteiger partial charge >= 0.3 is 0 Å². The van der Waals surface area contributed by atoms with Gasteiger partial charge in [-0.05, 0) is 31.0 Å². The predicted octanol–water partition coefficient (Wildman–Crippen LogP) is 3.67. The Bertz CT molecular complexity index is 833. The van der Waals surface area contributed by atoms with Gasteiger partial charge in [-0.2, -0.15) is 5.10 Å². The lowest BCUT2D eigenvalue weighted by atomic mass is 10.1. The minimum atomic E-state index is -0.155. The molecule has 0 radical (unpaired) electrons. The van der Waals surface area contributed by atoms with Crippen molar-refractivity contribution in [2.45, 2.75) is 33.2 Å². The number of aromatic amines is 1. The highest BCUT2D eigenvalue weighted by atomic mass is 16.2. The molecule has 3 rings (SSSR count). The molecule has 0 aliphatic heterocycles. The Labute approximate surface area is 140 Å². The third-order valence-electron chi connectivity index (χ3n) is 3.85.